The van der Waals surface area contributed by atoms with Gasteiger partial charge in [-0.3, -0.25) is 0 Å². The average Bonchev–Trinajstić information content (AvgIpc) is 2.97. The number of hydrogen-bond donors (Lipinski definition) is 0. The lowest BCUT2D eigenvalue weighted by atomic mass is 10.2. The number of furan rings is 1. The Kier molecular flexibility index (Phi) is 3.09. The van der Waals surface area contributed by atoms with Crippen LogP contribution < -0.4 is 0 Å². The fourth-order valence-corrected chi connectivity index (χ4v) is 1.46. The third-order valence-electron chi connectivity index (χ3n) is 2.28. The highest BCUT2D eigenvalue weighted by Crippen LogP contribution is 2.15. The highest BCUT2D eigenvalue weighted by molar-refractivity contribution is 5.87. The van der Waals surface area contributed by atoms with Gasteiger partial charge < -0.3 is 23.8 Å². The van der Waals surface area contributed by atoms with Gasteiger partial charge in [-0.15, -0.1) is 0 Å². The molecule has 0 aliphatic carbocycles. The lowest BCUT2D eigenvalue weighted by Gasteiger charge is -2.00. The average molecular weight is 251 g/mol. The summed E-state index contributed by atoms with van der Waals surface area (Å²) in [6.07, 6.45) is 3.94. The molecule has 0 amide bonds. The molecule has 0 aliphatic heterocycles. The first kappa shape index (κ1) is 11.8. The van der Waals surface area contributed by atoms with Crippen molar-refractivity contribution in [2.75, 3.05) is 7.11 Å². The Bertz CT molecular complexity index is 586. The molecule has 0 N–H and O–H groups in total. The van der Waals surface area contributed by atoms with Gasteiger partial charge >= 0.3 is 11.8 Å². The number of carbonyl (C=O) groups excluding carboxylic acids is 1. The van der Waals surface area contributed by atoms with E-state index in [1.807, 2.05) is 0 Å². The van der Waals surface area contributed by atoms with Crippen molar-refractivity contribution in [3.05, 3.63) is 46.3 Å². The van der Waals surface area contributed by atoms with Gasteiger partial charge in [-0.2, -0.15) is 0 Å². The van der Waals surface area contributed by atoms with Crippen LogP contribution in [0.2, 0.25) is 0 Å². The van der Waals surface area contributed by atoms with Crippen LogP contribution in [0, 0.1) is 10.1 Å². The molecule has 0 aromatic carbocycles. The molecule has 8 nitrogen and oxygen atoms in total. The summed E-state index contributed by atoms with van der Waals surface area (Å²) in [4.78, 5) is 24.8. The second kappa shape index (κ2) is 4.70. The van der Waals surface area contributed by atoms with E-state index in [4.69, 9.17) is 4.42 Å². The second-order valence-electron chi connectivity index (χ2n) is 3.43. The van der Waals surface area contributed by atoms with Crippen LogP contribution >= 0.6 is 0 Å². The first-order valence-corrected chi connectivity index (χ1v) is 4.92. The molecular weight excluding hydrogens is 242 g/mol. The van der Waals surface area contributed by atoms with Crippen molar-refractivity contribution in [3.63, 3.8) is 0 Å². The fraction of sp³-hybridized carbons (Fsp3) is 0.200. The Morgan fingerprint density at radius 1 is 1.67 bits per heavy atom. The summed E-state index contributed by atoms with van der Waals surface area (Å²) in [5, 5.41) is 10.5. The number of nitro groups is 1. The number of hydrogen-bond acceptors (Lipinski definition) is 6. The van der Waals surface area contributed by atoms with Gasteiger partial charge in [0, 0.05) is 5.56 Å². The fourth-order valence-electron chi connectivity index (χ4n) is 1.46. The van der Waals surface area contributed by atoms with Crippen LogP contribution in [-0.2, 0) is 11.3 Å². The van der Waals surface area contributed by atoms with Crippen LogP contribution in [0.15, 0.2) is 29.3 Å². The van der Waals surface area contributed by atoms with E-state index in [0.717, 1.165) is 0 Å². The maximum Gasteiger partial charge on any atom is 0.381 e. The van der Waals surface area contributed by atoms with Crippen molar-refractivity contribution in [3.8, 4) is 0 Å². The summed E-state index contributed by atoms with van der Waals surface area (Å²) in [5.74, 6) is -0.767. The molecule has 0 atom stereocenters. The van der Waals surface area contributed by atoms with Gasteiger partial charge in [0.05, 0.1) is 19.9 Å². The third-order valence-corrected chi connectivity index (χ3v) is 2.28. The molecule has 94 valence electrons. The zero-order chi connectivity index (χ0) is 13.1. The lowest BCUT2D eigenvalue weighted by molar-refractivity contribution is -0.389. The van der Waals surface area contributed by atoms with Crippen LogP contribution in [0.25, 0.3) is 0 Å². The Morgan fingerprint density at radius 3 is 3.06 bits per heavy atom. The monoisotopic (exact) mass is 251 g/mol. The second-order valence-corrected chi connectivity index (χ2v) is 3.43. The third kappa shape index (κ3) is 2.21. The lowest BCUT2D eigenvalue weighted by Crippen LogP contribution is -2.05. The molecule has 2 rings (SSSR count). The molecule has 0 aliphatic rings. The molecule has 0 spiro atoms. The summed E-state index contributed by atoms with van der Waals surface area (Å²) in [7, 11) is 1.25. The van der Waals surface area contributed by atoms with E-state index in [9.17, 15) is 14.9 Å². The van der Waals surface area contributed by atoms with Gasteiger partial charge in [-0.1, -0.05) is 0 Å². The van der Waals surface area contributed by atoms with Crippen molar-refractivity contribution >= 4 is 11.8 Å². The van der Waals surface area contributed by atoms with Crippen LogP contribution in [-0.4, -0.2) is 27.6 Å². The summed E-state index contributed by atoms with van der Waals surface area (Å²) >= 11 is 0. The number of esters is 1. The first-order chi connectivity index (χ1) is 8.61. The van der Waals surface area contributed by atoms with Gasteiger partial charge in [0.1, 0.15) is 6.20 Å². The largest absolute Gasteiger partial charge is 0.463 e. The van der Waals surface area contributed by atoms with E-state index in [-0.39, 0.29) is 18.1 Å². The quantitative estimate of drug-likeness (QED) is 0.460. The SMILES string of the molecule is COC(=O)c1occc1Cn1cnc([N+](=O)[O-])c1. The Hall–Kier alpha value is -2.64. The topological polar surface area (TPSA) is 100 Å². The minimum absolute atomic E-state index is 0.0776. The molecule has 0 unspecified atom stereocenters. The summed E-state index contributed by atoms with van der Waals surface area (Å²) in [5.41, 5.74) is 0.564. The van der Waals surface area contributed by atoms with Gasteiger partial charge in [0.2, 0.25) is 12.1 Å². The van der Waals surface area contributed by atoms with E-state index >= 15 is 0 Å². The van der Waals surface area contributed by atoms with E-state index in [0.29, 0.717) is 5.56 Å². The number of ether oxygens (including phenoxy) is 1. The van der Waals surface area contributed by atoms with Crippen molar-refractivity contribution in [1.29, 1.82) is 0 Å². The van der Waals surface area contributed by atoms with Crippen LogP contribution in [0.5, 0.6) is 0 Å². The summed E-state index contributed by atoms with van der Waals surface area (Å²) in [6.45, 7) is 0.238. The van der Waals surface area contributed by atoms with Crippen molar-refractivity contribution in [2.45, 2.75) is 6.54 Å². The molecule has 2 aromatic heterocycles. The summed E-state index contributed by atoms with van der Waals surface area (Å²) in [6, 6.07) is 1.60. The first-order valence-electron chi connectivity index (χ1n) is 4.92. The molecule has 18 heavy (non-hydrogen) atoms. The maximum atomic E-state index is 11.3. The van der Waals surface area contributed by atoms with Crippen LogP contribution in [0.1, 0.15) is 16.1 Å². The van der Waals surface area contributed by atoms with E-state index < -0.39 is 10.9 Å². The molecule has 0 saturated carbocycles. The maximum absolute atomic E-state index is 11.3. The molecule has 0 saturated heterocycles. The van der Waals surface area contributed by atoms with Crippen molar-refractivity contribution in [1.82, 2.24) is 9.55 Å². The predicted molar refractivity (Wildman–Crippen MR) is 58.0 cm³/mol. The molecule has 0 radical (unpaired) electrons. The Morgan fingerprint density at radius 2 is 2.44 bits per heavy atom. The Labute approximate surface area is 101 Å². The van der Waals surface area contributed by atoms with Crippen molar-refractivity contribution < 1.29 is 18.9 Å². The standard InChI is InChI=1S/C10H9N3O5/c1-17-10(14)9-7(2-3-18-9)4-12-5-8(11-6-12)13(15)16/h2-3,5-6H,4H2,1H3. The predicted octanol–water partition coefficient (Wildman–Crippen LogP) is 1.22. The van der Waals surface area contributed by atoms with Crippen molar-refractivity contribution in [2.24, 2.45) is 0 Å². The number of methoxy groups -OCH3 is 1. The minimum Gasteiger partial charge on any atom is -0.463 e. The molecule has 2 aromatic rings. The van der Waals surface area contributed by atoms with E-state index in [1.165, 1.54) is 30.5 Å². The number of aromatic nitrogens is 2. The van der Waals surface area contributed by atoms with Gasteiger partial charge in [0.15, 0.2) is 0 Å². The van der Waals surface area contributed by atoms with E-state index in [2.05, 4.69) is 9.72 Å². The normalized spacial score (nSPS) is 10.3. The molecule has 2 heterocycles. The Balaban J connectivity index is 2.20. The molecule has 8 heteroatoms. The number of carbonyl (C=O) groups is 1. The molecular formula is C10H9N3O5. The number of imidazole rings is 1. The minimum atomic E-state index is -0.593. The van der Waals surface area contributed by atoms with Gasteiger partial charge in [0.25, 0.3) is 0 Å². The van der Waals surface area contributed by atoms with Gasteiger partial charge in [-0.25, -0.2) is 4.79 Å². The molecule has 0 bridgehead atoms. The number of rotatable bonds is 4. The van der Waals surface area contributed by atoms with Crippen LogP contribution in [0.3, 0.4) is 0 Å². The highest BCUT2D eigenvalue weighted by atomic mass is 16.6. The van der Waals surface area contributed by atoms with E-state index in [1.54, 1.807) is 6.07 Å². The zero-order valence-corrected chi connectivity index (χ0v) is 9.40. The summed E-state index contributed by atoms with van der Waals surface area (Å²) < 4.78 is 11.0. The number of nitrogens with zero attached hydrogens (tertiary/aromatic N) is 3. The van der Waals surface area contributed by atoms with Crippen LogP contribution in [0.4, 0.5) is 5.82 Å². The molecule has 0 fully saturated rings. The zero-order valence-electron chi connectivity index (χ0n) is 9.40. The highest BCUT2D eigenvalue weighted by Gasteiger charge is 2.17. The smallest absolute Gasteiger partial charge is 0.381 e. The van der Waals surface area contributed by atoms with Gasteiger partial charge in [-0.05, 0) is 16.0 Å².